The second-order valence-corrected chi connectivity index (χ2v) is 7.28. The Labute approximate surface area is 160 Å². The van der Waals surface area contributed by atoms with Gasteiger partial charge in [-0.3, -0.25) is 4.79 Å². The summed E-state index contributed by atoms with van der Waals surface area (Å²) in [7, 11) is 0. The van der Waals surface area contributed by atoms with Crippen molar-refractivity contribution in [2.75, 3.05) is 6.61 Å². The molecule has 3 heteroatoms. The number of phenolic OH excluding ortho intramolecular Hbond substituents is 1. The molecule has 0 aromatic heterocycles. The molecule has 0 aliphatic heterocycles. The summed E-state index contributed by atoms with van der Waals surface area (Å²) in [5.41, 5.74) is 1.16. The highest BCUT2D eigenvalue weighted by Crippen LogP contribution is 2.33. The van der Waals surface area contributed by atoms with Gasteiger partial charge in [-0.15, -0.1) is 0 Å². The van der Waals surface area contributed by atoms with E-state index in [0.717, 1.165) is 30.6 Å². The van der Waals surface area contributed by atoms with Gasteiger partial charge in [-0.05, 0) is 31.9 Å². The second kappa shape index (κ2) is 13.7. The molecule has 0 atom stereocenters. The second-order valence-electron chi connectivity index (χ2n) is 7.28. The Hall–Kier alpha value is -1.51. The molecule has 26 heavy (non-hydrogen) atoms. The lowest BCUT2D eigenvalue weighted by molar-refractivity contribution is 0.101. The average Bonchev–Trinajstić information content (AvgIpc) is 2.62. The zero-order chi connectivity index (χ0) is 19.2. The van der Waals surface area contributed by atoms with Crippen LogP contribution in [0.3, 0.4) is 0 Å². The molecule has 0 heterocycles. The lowest BCUT2D eigenvalue weighted by Gasteiger charge is -2.14. The van der Waals surface area contributed by atoms with Gasteiger partial charge in [0.15, 0.2) is 5.78 Å². The van der Waals surface area contributed by atoms with Gasteiger partial charge >= 0.3 is 0 Å². The number of ketones is 1. The van der Waals surface area contributed by atoms with Crippen LogP contribution in [-0.4, -0.2) is 17.5 Å². The molecule has 0 saturated carbocycles. The molecule has 148 valence electrons. The first kappa shape index (κ1) is 22.5. The zero-order valence-corrected chi connectivity index (χ0v) is 17.1. The predicted molar refractivity (Wildman–Crippen MR) is 109 cm³/mol. The first-order valence-corrected chi connectivity index (χ1v) is 10.6. The third kappa shape index (κ3) is 8.25. The molecule has 0 aliphatic rings. The molecule has 0 unspecified atom stereocenters. The van der Waals surface area contributed by atoms with E-state index in [0.29, 0.717) is 12.2 Å². The van der Waals surface area contributed by atoms with Crippen LogP contribution in [0.25, 0.3) is 0 Å². The summed E-state index contributed by atoms with van der Waals surface area (Å²) in [6.07, 6.45) is 14.6. The summed E-state index contributed by atoms with van der Waals surface area (Å²) in [4.78, 5) is 11.6. The molecule has 1 rings (SSSR count). The third-order valence-corrected chi connectivity index (χ3v) is 4.87. The van der Waals surface area contributed by atoms with Gasteiger partial charge in [0.05, 0.1) is 12.2 Å². The SMILES string of the molecule is CCCCCCCCCCCCOc1ccc(C(C)=O)c(O)c1CCC. The van der Waals surface area contributed by atoms with E-state index in [1.54, 1.807) is 6.07 Å². The van der Waals surface area contributed by atoms with Crippen LogP contribution in [-0.2, 0) is 6.42 Å². The van der Waals surface area contributed by atoms with Crippen LogP contribution in [0.5, 0.6) is 11.5 Å². The number of benzene rings is 1. The van der Waals surface area contributed by atoms with E-state index >= 15 is 0 Å². The number of Topliss-reactive ketones (excluding diaryl/α,β-unsaturated/α-hetero) is 1. The van der Waals surface area contributed by atoms with Gasteiger partial charge in [-0.1, -0.05) is 78.1 Å². The first-order chi connectivity index (χ1) is 12.6. The number of hydrogen-bond donors (Lipinski definition) is 1. The van der Waals surface area contributed by atoms with E-state index < -0.39 is 0 Å². The molecular formula is C23H38O3. The molecule has 0 aliphatic carbocycles. The Bertz CT molecular complexity index is 522. The van der Waals surface area contributed by atoms with Crippen molar-refractivity contribution in [1.82, 2.24) is 0 Å². The number of aromatic hydroxyl groups is 1. The maximum Gasteiger partial charge on any atom is 0.163 e. The Morgan fingerprint density at radius 3 is 2.00 bits per heavy atom. The lowest BCUT2D eigenvalue weighted by Crippen LogP contribution is -2.03. The molecule has 0 bridgehead atoms. The smallest absolute Gasteiger partial charge is 0.163 e. The molecule has 0 saturated heterocycles. The topological polar surface area (TPSA) is 46.5 Å². The minimum Gasteiger partial charge on any atom is -0.507 e. The Morgan fingerprint density at radius 2 is 1.46 bits per heavy atom. The van der Waals surface area contributed by atoms with Crippen molar-refractivity contribution in [2.24, 2.45) is 0 Å². The Morgan fingerprint density at radius 1 is 0.885 bits per heavy atom. The summed E-state index contributed by atoms with van der Waals surface area (Å²) >= 11 is 0. The van der Waals surface area contributed by atoms with Crippen LogP contribution in [0, 0.1) is 0 Å². The fraction of sp³-hybridized carbons (Fsp3) is 0.696. The fourth-order valence-corrected chi connectivity index (χ4v) is 3.30. The molecule has 3 nitrogen and oxygen atoms in total. The Kier molecular flexibility index (Phi) is 11.8. The van der Waals surface area contributed by atoms with Gasteiger partial charge in [-0.25, -0.2) is 0 Å². The number of phenols is 1. The van der Waals surface area contributed by atoms with E-state index in [9.17, 15) is 9.90 Å². The highest BCUT2D eigenvalue weighted by atomic mass is 16.5. The third-order valence-electron chi connectivity index (χ3n) is 4.87. The number of carbonyl (C=O) groups excluding carboxylic acids is 1. The number of carbonyl (C=O) groups is 1. The molecule has 0 radical (unpaired) electrons. The van der Waals surface area contributed by atoms with Crippen molar-refractivity contribution in [3.63, 3.8) is 0 Å². The molecule has 0 amide bonds. The molecular weight excluding hydrogens is 324 g/mol. The monoisotopic (exact) mass is 362 g/mol. The largest absolute Gasteiger partial charge is 0.507 e. The maximum absolute atomic E-state index is 11.6. The van der Waals surface area contributed by atoms with Crippen molar-refractivity contribution in [3.05, 3.63) is 23.3 Å². The molecule has 1 aromatic carbocycles. The van der Waals surface area contributed by atoms with Crippen molar-refractivity contribution in [1.29, 1.82) is 0 Å². The van der Waals surface area contributed by atoms with E-state index in [4.69, 9.17) is 4.74 Å². The molecule has 0 spiro atoms. The summed E-state index contributed by atoms with van der Waals surface area (Å²) in [5.74, 6) is 0.714. The van der Waals surface area contributed by atoms with Crippen LogP contribution in [0.4, 0.5) is 0 Å². The number of rotatable bonds is 15. The van der Waals surface area contributed by atoms with Crippen LogP contribution in [0.1, 0.15) is 107 Å². The molecule has 0 fully saturated rings. The summed E-state index contributed by atoms with van der Waals surface area (Å²) in [5, 5.41) is 10.3. The summed E-state index contributed by atoms with van der Waals surface area (Å²) < 4.78 is 5.91. The normalized spacial score (nSPS) is 10.9. The predicted octanol–water partition coefficient (Wildman–Crippen LogP) is 6.85. The van der Waals surface area contributed by atoms with Crippen molar-refractivity contribution >= 4 is 5.78 Å². The Balaban J connectivity index is 2.28. The van der Waals surface area contributed by atoms with E-state index in [-0.39, 0.29) is 11.5 Å². The quantitative estimate of drug-likeness (QED) is 0.274. The molecule has 1 aromatic rings. The highest BCUT2D eigenvalue weighted by Gasteiger charge is 2.15. The van der Waals surface area contributed by atoms with Gasteiger partial charge in [0, 0.05) is 5.56 Å². The van der Waals surface area contributed by atoms with Gasteiger partial charge in [-0.2, -0.15) is 0 Å². The first-order valence-electron chi connectivity index (χ1n) is 10.6. The van der Waals surface area contributed by atoms with Crippen molar-refractivity contribution < 1.29 is 14.6 Å². The summed E-state index contributed by atoms with van der Waals surface area (Å²) in [6, 6.07) is 3.50. The fourth-order valence-electron chi connectivity index (χ4n) is 3.30. The number of ether oxygens (including phenoxy) is 1. The van der Waals surface area contributed by atoms with Gasteiger partial charge < -0.3 is 9.84 Å². The lowest BCUT2D eigenvalue weighted by atomic mass is 10.0. The van der Waals surface area contributed by atoms with Gasteiger partial charge in [0.2, 0.25) is 0 Å². The zero-order valence-electron chi connectivity index (χ0n) is 17.1. The standard InChI is InChI=1S/C23H38O3/c1-4-6-7-8-9-10-11-12-13-14-18-26-22-17-16-20(19(3)24)23(25)21(22)15-5-2/h16-17,25H,4-15,18H2,1-3H3. The number of unbranched alkanes of at least 4 members (excludes halogenated alkanes) is 9. The van der Waals surface area contributed by atoms with Crippen molar-refractivity contribution in [3.8, 4) is 11.5 Å². The van der Waals surface area contributed by atoms with Crippen LogP contribution >= 0.6 is 0 Å². The van der Waals surface area contributed by atoms with E-state index in [1.807, 2.05) is 6.07 Å². The van der Waals surface area contributed by atoms with E-state index in [1.165, 1.54) is 64.7 Å². The van der Waals surface area contributed by atoms with E-state index in [2.05, 4.69) is 13.8 Å². The maximum atomic E-state index is 11.6. The van der Waals surface area contributed by atoms with Gasteiger partial charge in [0.25, 0.3) is 0 Å². The van der Waals surface area contributed by atoms with Crippen LogP contribution in [0.15, 0.2) is 12.1 Å². The van der Waals surface area contributed by atoms with Crippen LogP contribution in [0.2, 0.25) is 0 Å². The number of hydrogen-bond acceptors (Lipinski definition) is 3. The van der Waals surface area contributed by atoms with Gasteiger partial charge in [0.1, 0.15) is 11.5 Å². The summed E-state index contributed by atoms with van der Waals surface area (Å²) in [6.45, 7) is 6.47. The minimum absolute atomic E-state index is 0.0972. The van der Waals surface area contributed by atoms with Crippen LogP contribution < -0.4 is 4.74 Å². The average molecular weight is 363 g/mol. The highest BCUT2D eigenvalue weighted by molar-refractivity contribution is 5.97. The van der Waals surface area contributed by atoms with Crippen molar-refractivity contribution in [2.45, 2.75) is 97.8 Å². The molecule has 1 N–H and O–H groups in total. The minimum atomic E-state index is -0.110.